The van der Waals surface area contributed by atoms with E-state index in [1.54, 1.807) is 6.92 Å². The molecule has 3 nitrogen and oxygen atoms in total. The summed E-state index contributed by atoms with van der Waals surface area (Å²) >= 11 is 3.05. The van der Waals surface area contributed by atoms with E-state index in [2.05, 4.69) is 21.2 Å². The second-order valence-corrected chi connectivity index (χ2v) is 5.13. The molecule has 0 radical (unpaired) electrons. The standard InChI is InChI=1S/C14H11BrF2N2O/c1-7-4-10(15)12(17)6-13(7)19-14(20)9-3-2-8(18)5-11(9)16/h2-6H,18H2,1H3,(H,19,20). The summed E-state index contributed by atoms with van der Waals surface area (Å²) in [5.74, 6) is -1.89. The van der Waals surface area contributed by atoms with Crippen LogP contribution in [0, 0.1) is 18.6 Å². The van der Waals surface area contributed by atoms with Gasteiger partial charge in [0, 0.05) is 11.4 Å². The molecule has 2 aromatic carbocycles. The molecule has 0 saturated carbocycles. The minimum absolute atomic E-state index is 0.151. The fourth-order valence-corrected chi connectivity index (χ4v) is 2.14. The zero-order valence-corrected chi connectivity index (χ0v) is 12.1. The summed E-state index contributed by atoms with van der Waals surface area (Å²) in [6.45, 7) is 1.71. The fourth-order valence-electron chi connectivity index (χ4n) is 1.69. The van der Waals surface area contributed by atoms with Gasteiger partial charge in [0.15, 0.2) is 0 Å². The van der Waals surface area contributed by atoms with E-state index in [1.807, 2.05) is 0 Å². The van der Waals surface area contributed by atoms with Gasteiger partial charge in [0.2, 0.25) is 0 Å². The Morgan fingerprint density at radius 1 is 1.20 bits per heavy atom. The number of aryl methyl sites for hydroxylation is 1. The van der Waals surface area contributed by atoms with Gasteiger partial charge in [-0.3, -0.25) is 4.79 Å². The summed E-state index contributed by atoms with van der Waals surface area (Å²) < 4.78 is 27.4. The zero-order valence-electron chi connectivity index (χ0n) is 10.5. The van der Waals surface area contributed by atoms with Crippen LogP contribution in [-0.2, 0) is 0 Å². The lowest BCUT2D eigenvalue weighted by molar-refractivity contribution is 0.102. The Hall–Kier alpha value is -1.95. The molecular weight excluding hydrogens is 330 g/mol. The average Bonchev–Trinajstić information content (AvgIpc) is 2.35. The lowest BCUT2D eigenvalue weighted by atomic mass is 10.1. The highest BCUT2D eigenvalue weighted by molar-refractivity contribution is 9.10. The third-order valence-corrected chi connectivity index (χ3v) is 3.36. The van der Waals surface area contributed by atoms with E-state index >= 15 is 0 Å². The van der Waals surface area contributed by atoms with Crippen molar-refractivity contribution in [1.82, 2.24) is 0 Å². The van der Waals surface area contributed by atoms with E-state index in [1.165, 1.54) is 24.3 Å². The van der Waals surface area contributed by atoms with Gasteiger partial charge in [0.1, 0.15) is 11.6 Å². The van der Waals surface area contributed by atoms with E-state index in [-0.39, 0.29) is 16.9 Å². The summed E-state index contributed by atoms with van der Waals surface area (Å²) in [6.07, 6.45) is 0. The van der Waals surface area contributed by atoms with Crippen LogP contribution < -0.4 is 11.1 Å². The summed E-state index contributed by atoms with van der Waals surface area (Å²) in [7, 11) is 0. The van der Waals surface area contributed by atoms with E-state index in [0.29, 0.717) is 10.0 Å². The van der Waals surface area contributed by atoms with Crippen LogP contribution in [0.1, 0.15) is 15.9 Å². The molecule has 1 amide bonds. The molecular formula is C14H11BrF2N2O. The van der Waals surface area contributed by atoms with Crippen molar-refractivity contribution >= 4 is 33.2 Å². The third kappa shape index (κ3) is 2.96. The van der Waals surface area contributed by atoms with Gasteiger partial charge in [-0.25, -0.2) is 8.78 Å². The van der Waals surface area contributed by atoms with Crippen LogP contribution in [-0.4, -0.2) is 5.91 Å². The molecule has 0 unspecified atom stereocenters. The summed E-state index contributed by atoms with van der Waals surface area (Å²) in [4.78, 5) is 12.0. The number of hydrogen-bond acceptors (Lipinski definition) is 2. The van der Waals surface area contributed by atoms with Crippen LogP contribution in [0.15, 0.2) is 34.8 Å². The highest BCUT2D eigenvalue weighted by atomic mass is 79.9. The summed E-state index contributed by atoms with van der Waals surface area (Å²) in [5.41, 5.74) is 6.43. The molecule has 0 aliphatic heterocycles. The maximum absolute atomic E-state index is 13.6. The predicted octanol–water partition coefficient (Wildman–Crippen LogP) is 3.87. The first-order valence-corrected chi connectivity index (χ1v) is 6.50. The lowest BCUT2D eigenvalue weighted by Gasteiger charge is -2.10. The van der Waals surface area contributed by atoms with Crippen molar-refractivity contribution in [3.05, 3.63) is 57.6 Å². The molecule has 2 rings (SSSR count). The number of anilines is 2. The second-order valence-electron chi connectivity index (χ2n) is 4.27. The van der Waals surface area contributed by atoms with Crippen molar-refractivity contribution < 1.29 is 13.6 Å². The smallest absolute Gasteiger partial charge is 0.258 e. The topological polar surface area (TPSA) is 55.1 Å². The van der Waals surface area contributed by atoms with Gasteiger partial charge in [-0.1, -0.05) is 0 Å². The summed E-state index contributed by atoms with van der Waals surface area (Å²) in [6, 6.07) is 6.47. The number of nitrogens with two attached hydrogens (primary N) is 1. The number of carbonyl (C=O) groups is 1. The Balaban J connectivity index is 2.30. The van der Waals surface area contributed by atoms with Gasteiger partial charge in [-0.2, -0.15) is 0 Å². The van der Waals surface area contributed by atoms with E-state index in [9.17, 15) is 13.6 Å². The zero-order chi connectivity index (χ0) is 14.9. The molecule has 0 aliphatic carbocycles. The van der Waals surface area contributed by atoms with Crippen molar-refractivity contribution in [2.75, 3.05) is 11.1 Å². The highest BCUT2D eigenvalue weighted by Gasteiger charge is 2.14. The first-order valence-electron chi connectivity index (χ1n) is 5.70. The number of nitrogen functional groups attached to an aromatic ring is 1. The quantitative estimate of drug-likeness (QED) is 0.815. The Kier molecular flexibility index (Phi) is 4.04. The lowest BCUT2D eigenvalue weighted by Crippen LogP contribution is -2.15. The van der Waals surface area contributed by atoms with Crippen LogP contribution in [0.5, 0.6) is 0 Å². The molecule has 0 aromatic heterocycles. The first-order chi connectivity index (χ1) is 9.38. The van der Waals surface area contributed by atoms with Crippen molar-refractivity contribution in [3.63, 3.8) is 0 Å². The Morgan fingerprint density at radius 2 is 1.90 bits per heavy atom. The number of benzene rings is 2. The predicted molar refractivity (Wildman–Crippen MR) is 77.6 cm³/mol. The van der Waals surface area contributed by atoms with Gasteiger partial charge in [0.05, 0.1) is 10.0 Å². The van der Waals surface area contributed by atoms with Crippen molar-refractivity contribution in [1.29, 1.82) is 0 Å². The minimum atomic E-state index is -0.724. The van der Waals surface area contributed by atoms with Crippen LogP contribution in [0.2, 0.25) is 0 Å². The molecule has 104 valence electrons. The number of rotatable bonds is 2. The molecule has 2 aromatic rings. The highest BCUT2D eigenvalue weighted by Crippen LogP contribution is 2.24. The van der Waals surface area contributed by atoms with Crippen LogP contribution in [0.3, 0.4) is 0 Å². The third-order valence-electron chi connectivity index (χ3n) is 2.75. The number of hydrogen-bond donors (Lipinski definition) is 2. The Labute approximate surface area is 122 Å². The van der Waals surface area contributed by atoms with Gasteiger partial charge in [0.25, 0.3) is 5.91 Å². The van der Waals surface area contributed by atoms with Crippen LogP contribution in [0.4, 0.5) is 20.2 Å². The van der Waals surface area contributed by atoms with E-state index in [4.69, 9.17) is 5.73 Å². The summed E-state index contributed by atoms with van der Waals surface area (Å²) in [5, 5.41) is 2.47. The fraction of sp³-hybridized carbons (Fsp3) is 0.0714. The van der Waals surface area contributed by atoms with Crippen molar-refractivity contribution in [3.8, 4) is 0 Å². The van der Waals surface area contributed by atoms with Gasteiger partial charge in [-0.15, -0.1) is 0 Å². The average molecular weight is 341 g/mol. The molecule has 0 fully saturated rings. The molecule has 0 saturated heterocycles. The Morgan fingerprint density at radius 3 is 2.55 bits per heavy atom. The molecule has 0 bridgehead atoms. The maximum atomic E-state index is 13.6. The molecule has 6 heteroatoms. The van der Waals surface area contributed by atoms with Gasteiger partial charge < -0.3 is 11.1 Å². The van der Waals surface area contributed by atoms with Crippen LogP contribution >= 0.6 is 15.9 Å². The minimum Gasteiger partial charge on any atom is -0.399 e. The van der Waals surface area contributed by atoms with Crippen molar-refractivity contribution in [2.24, 2.45) is 0 Å². The molecule has 20 heavy (non-hydrogen) atoms. The van der Waals surface area contributed by atoms with Crippen LogP contribution in [0.25, 0.3) is 0 Å². The second kappa shape index (κ2) is 5.58. The SMILES string of the molecule is Cc1cc(Br)c(F)cc1NC(=O)c1ccc(N)cc1F. The van der Waals surface area contributed by atoms with Gasteiger partial charge in [-0.05, 0) is 58.7 Å². The molecule has 0 spiro atoms. The number of amides is 1. The normalized spacial score (nSPS) is 10.4. The van der Waals surface area contributed by atoms with Crippen molar-refractivity contribution in [2.45, 2.75) is 6.92 Å². The number of nitrogens with one attached hydrogen (secondary N) is 1. The molecule has 0 atom stereocenters. The largest absolute Gasteiger partial charge is 0.399 e. The first kappa shape index (κ1) is 14.5. The maximum Gasteiger partial charge on any atom is 0.258 e. The number of halogens is 3. The van der Waals surface area contributed by atoms with Gasteiger partial charge >= 0.3 is 0 Å². The Bertz CT molecular complexity index is 689. The monoisotopic (exact) mass is 340 g/mol. The van der Waals surface area contributed by atoms with E-state index < -0.39 is 17.5 Å². The molecule has 3 N–H and O–H groups in total. The molecule has 0 aliphatic rings. The molecule has 0 heterocycles. The van der Waals surface area contributed by atoms with E-state index in [0.717, 1.165) is 6.07 Å². The number of carbonyl (C=O) groups excluding carboxylic acids is 1.